The van der Waals surface area contributed by atoms with Gasteiger partial charge in [0.15, 0.2) is 0 Å². The van der Waals surface area contributed by atoms with Crippen LogP contribution in [0.1, 0.15) is 32.9 Å². The fraction of sp³-hybridized carbons (Fsp3) is 0.222. The van der Waals surface area contributed by atoms with Gasteiger partial charge in [-0.2, -0.15) is 0 Å². The predicted octanol–water partition coefficient (Wildman–Crippen LogP) is 4.47. The second kappa shape index (κ2) is 5.70. The lowest BCUT2D eigenvalue weighted by Crippen LogP contribution is -2.17. The van der Waals surface area contributed by atoms with E-state index in [9.17, 15) is 4.79 Å². The van der Waals surface area contributed by atoms with Crippen LogP contribution >= 0.6 is 11.6 Å². The van der Waals surface area contributed by atoms with Crippen LogP contribution in [0.25, 0.3) is 5.65 Å². The number of anilines is 1. The average Bonchev–Trinajstić information content (AvgIpc) is 2.77. The lowest BCUT2D eigenvalue weighted by Gasteiger charge is -2.13. The van der Waals surface area contributed by atoms with E-state index in [1.807, 2.05) is 27.7 Å². The molecule has 0 aliphatic heterocycles. The third-order valence-corrected chi connectivity index (χ3v) is 4.13. The number of hydrogen-bond acceptors (Lipinski definition) is 2. The summed E-state index contributed by atoms with van der Waals surface area (Å²) in [5.74, 6) is -0.174. The monoisotopic (exact) mass is 327 g/mol. The molecule has 2 aromatic heterocycles. The zero-order chi connectivity index (χ0) is 16.7. The van der Waals surface area contributed by atoms with Crippen LogP contribution in [0, 0.1) is 27.7 Å². The number of nitrogens with one attached hydrogen (secondary N) is 1. The van der Waals surface area contributed by atoms with Gasteiger partial charge in [0, 0.05) is 23.0 Å². The van der Waals surface area contributed by atoms with Crippen molar-refractivity contribution in [3.05, 3.63) is 63.6 Å². The second-order valence-electron chi connectivity index (χ2n) is 5.85. The first kappa shape index (κ1) is 15.6. The highest BCUT2D eigenvalue weighted by atomic mass is 35.5. The van der Waals surface area contributed by atoms with Crippen molar-refractivity contribution in [1.82, 2.24) is 9.38 Å². The van der Waals surface area contributed by atoms with Crippen molar-refractivity contribution in [3.8, 4) is 0 Å². The number of rotatable bonds is 2. The van der Waals surface area contributed by atoms with Gasteiger partial charge in [0.05, 0.1) is 5.69 Å². The molecule has 0 atom stereocenters. The van der Waals surface area contributed by atoms with E-state index >= 15 is 0 Å². The van der Waals surface area contributed by atoms with Gasteiger partial charge in [0.25, 0.3) is 5.91 Å². The maximum Gasteiger partial charge on any atom is 0.274 e. The van der Waals surface area contributed by atoms with Gasteiger partial charge in [0.2, 0.25) is 0 Å². The largest absolute Gasteiger partial charge is 0.320 e. The second-order valence-corrected chi connectivity index (χ2v) is 6.28. The number of aromatic nitrogens is 2. The Bertz CT molecular complexity index is 904. The van der Waals surface area contributed by atoms with Gasteiger partial charge in [-0.1, -0.05) is 29.3 Å². The molecule has 2 heterocycles. The molecule has 118 valence electrons. The molecule has 0 saturated heterocycles. The van der Waals surface area contributed by atoms with Gasteiger partial charge in [-0.15, -0.1) is 0 Å². The predicted molar refractivity (Wildman–Crippen MR) is 93.5 cm³/mol. The first-order valence-corrected chi connectivity index (χ1v) is 7.78. The number of halogens is 1. The molecule has 3 rings (SSSR count). The van der Waals surface area contributed by atoms with E-state index in [-0.39, 0.29) is 5.91 Å². The van der Waals surface area contributed by atoms with Gasteiger partial charge < -0.3 is 5.32 Å². The van der Waals surface area contributed by atoms with Gasteiger partial charge >= 0.3 is 0 Å². The summed E-state index contributed by atoms with van der Waals surface area (Å²) in [6, 6.07) is 7.61. The summed E-state index contributed by atoms with van der Waals surface area (Å²) >= 11 is 5.99. The minimum absolute atomic E-state index is 0.174. The molecule has 1 aromatic carbocycles. The number of carbonyl (C=O) groups is 1. The van der Waals surface area contributed by atoms with Crippen molar-refractivity contribution in [2.75, 3.05) is 5.32 Å². The Morgan fingerprint density at radius 1 is 1.13 bits per heavy atom. The van der Waals surface area contributed by atoms with E-state index < -0.39 is 0 Å². The maximum absolute atomic E-state index is 12.8. The van der Waals surface area contributed by atoms with Crippen LogP contribution < -0.4 is 5.32 Å². The number of carbonyl (C=O) groups excluding carboxylic acids is 1. The van der Waals surface area contributed by atoms with Crippen LogP contribution in [0.2, 0.25) is 5.02 Å². The number of nitrogens with zero attached hydrogens (tertiary/aromatic N) is 2. The van der Waals surface area contributed by atoms with Gasteiger partial charge in [-0.3, -0.25) is 9.20 Å². The third-order valence-electron chi connectivity index (χ3n) is 3.89. The molecule has 0 bridgehead atoms. The Hall–Kier alpha value is -2.33. The number of amides is 1. The van der Waals surface area contributed by atoms with E-state index in [1.54, 1.807) is 22.7 Å². The summed E-state index contributed by atoms with van der Waals surface area (Å²) in [5, 5.41) is 3.62. The van der Waals surface area contributed by atoms with E-state index in [0.29, 0.717) is 22.1 Å². The van der Waals surface area contributed by atoms with Crippen molar-refractivity contribution >= 4 is 28.8 Å². The summed E-state index contributed by atoms with van der Waals surface area (Å²) in [6.07, 6.45) is 1.77. The quantitative estimate of drug-likeness (QED) is 0.754. The summed E-state index contributed by atoms with van der Waals surface area (Å²) in [5.41, 5.74) is 5.99. The van der Waals surface area contributed by atoms with Crippen LogP contribution in [0.4, 0.5) is 5.69 Å². The molecule has 0 fully saturated rings. The van der Waals surface area contributed by atoms with Crippen molar-refractivity contribution < 1.29 is 4.79 Å². The van der Waals surface area contributed by atoms with Crippen LogP contribution in [-0.4, -0.2) is 15.3 Å². The molecule has 4 nitrogen and oxygen atoms in total. The van der Waals surface area contributed by atoms with Crippen molar-refractivity contribution in [2.45, 2.75) is 27.7 Å². The normalized spacial score (nSPS) is 11.0. The smallest absolute Gasteiger partial charge is 0.274 e. The molecule has 0 aliphatic rings. The molecule has 3 aromatic rings. The first-order chi connectivity index (χ1) is 10.9. The van der Waals surface area contributed by atoms with Crippen molar-refractivity contribution in [2.24, 2.45) is 0 Å². The lowest BCUT2D eigenvalue weighted by atomic mass is 10.0. The van der Waals surface area contributed by atoms with Crippen LogP contribution in [0.5, 0.6) is 0 Å². The van der Waals surface area contributed by atoms with Crippen molar-refractivity contribution in [3.63, 3.8) is 0 Å². The van der Waals surface area contributed by atoms with Gasteiger partial charge in [-0.25, -0.2) is 4.98 Å². The fourth-order valence-electron chi connectivity index (χ4n) is 2.96. The number of benzene rings is 1. The summed E-state index contributed by atoms with van der Waals surface area (Å²) in [6.45, 7) is 7.86. The SMILES string of the molecule is Cc1cc(C)c(NC(=O)c2c(C)nc3cc(Cl)ccn23)c(C)c1. The average molecular weight is 328 g/mol. The molecule has 0 spiro atoms. The molecule has 0 radical (unpaired) electrons. The Morgan fingerprint density at radius 3 is 2.43 bits per heavy atom. The molecule has 23 heavy (non-hydrogen) atoms. The number of imidazole rings is 1. The molecule has 5 heteroatoms. The Kier molecular flexibility index (Phi) is 3.86. The summed E-state index contributed by atoms with van der Waals surface area (Å²) < 4.78 is 1.76. The van der Waals surface area contributed by atoms with E-state index in [2.05, 4.69) is 22.4 Å². The molecular weight excluding hydrogens is 310 g/mol. The number of fused-ring (bicyclic) bond motifs is 1. The van der Waals surface area contributed by atoms with Gasteiger partial charge in [-0.05, 0) is 44.9 Å². The standard InChI is InChI=1S/C18H18ClN3O/c1-10-7-11(2)16(12(3)8-10)21-18(23)17-13(4)20-15-9-14(19)5-6-22(15)17/h5-9H,1-4H3,(H,21,23). The zero-order valence-corrected chi connectivity index (χ0v) is 14.3. The highest BCUT2D eigenvalue weighted by Gasteiger charge is 2.18. The Labute approximate surface area is 140 Å². The number of hydrogen-bond donors (Lipinski definition) is 1. The van der Waals surface area contributed by atoms with Crippen LogP contribution in [0.15, 0.2) is 30.5 Å². The molecule has 0 aliphatic carbocycles. The van der Waals surface area contributed by atoms with Crippen LogP contribution in [0.3, 0.4) is 0 Å². The minimum atomic E-state index is -0.174. The summed E-state index contributed by atoms with van der Waals surface area (Å²) in [4.78, 5) is 17.2. The Balaban J connectivity index is 2.04. The maximum atomic E-state index is 12.8. The zero-order valence-electron chi connectivity index (χ0n) is 13.6. The fourth-order valence-corrected chi connectivity index (χ4v) is 3.11. The molecule has 0 saturated carbocycles. The number of aryl methyl sites for hydroxylation is 4. The van der Waals surface area contributed by atoms with Crippen LogP contribution in [-0.2, 0) is 0 Å². The van der Waals surface area contributed by atoms with Crippen molar-refractivity contribution in [1.29, 1.82) is 0 Å². The van der Waals surface area contributed by atoms with E-state index in [1.165, 1.54) is 5.56 Å². The van der Waals surface area contributed by atoms with E-state index in [0.717, 1.165) is 16.8 Å². The molecular formula is C18H18ClN3O. The molecule has 1 N–H and O–H groups in total. The highest BCUT2D eigenvalue weighted by molar-refractivity contribution is 6.30. The lowest BCUT2D eigenvalue weighted by molar-refractivity contribution is 0.102. The summed E-state index contributed by atoms with van der Waals surface area (Å²) in [7, 11) is 0. The molecule has 1 amide bonds. The van der Waals surface area contributed by atoms with Gasteiger partial charge in [0.1, 0.15) is 11.3 Å². The molecule has 0 unspecified atom stereocenters. The number of pyridine rings is 1. The Morgan fingerprint density at radius 2 is 1.78 bits per heavy atom. The third kappa shape index (κ3) is 2.82. The first-order valence-electron chi connectivity index (χ1n) is 7.40. The highest BCUT2D eigenvalue weighted by Crippen LogP contribution is 2.24. The topological polar surface area (TPSA) is 46.4 Å². The minimum Gasteiger partial charge on any atom is -0.320 e. The van der Waals surface area contributed by atoms with E-state index in [4.69, 9.17) is 11.6 Å².